The molecule has 6 rings (SSSR count). The first-order valence-electron chi connectivity index (χ1n) is 15.3. The molecule has 3 aromatic rings. The molecule has 3 aliphatic rings. The molecule has 44 heavy (non-hydrogen) atoms. The topological polar surface area (TPSA) is 62.8 Å². The lowest BCUT2D eigenvalue weighted by Gasteiger charge is -2.47. The van der Waals surface area contributed by atoms with Crippen LogP contribution in [0.15, 0.2) is 66.2 Å². The molecule has 6 nitrogen and oxygen atoms in total. The van der Waals surface area contributed by atoms with Gasteiger partial charge in [-0.05, 0) is 92.1 Å². The van der Waals surface area contributed by atoms with Crippen LogP contribution >= 0.6 is 11.6 Å². The van der Waals surface area contributed by atoms with Crippen molar-refractivity contribution >= 4 is 17.5 Å². The third-order valence-corrected chi connectivity index (χ3v) is 9.28. The summed E-state index contributed by atoms with van der Waals surface area (Å²) in [5.41, 5.74) is 4.05. The minimum atomic E-state index is -0.859. The van der Waals surface area contributed by atoms with Crippen LogP contribution in [-0.2, 0) is 16.8 Å². The molecule has 0 aromatic heterocycles. The molecular formula is C35H38ClF2N3O3. The first-order chi connectivity index (χ1) is 21.2. The largest absolute Gasteiger partial charge is 0.490 e. The summed E-state index contributed by atoms with van der Waals surface area (Å²) in [5, 5.41) is 7.88. The van der Waals surface area contributed by atoms with E-state index in [0.29, 0.717) is 49.1 Å². The molecule has 2 fully saturated rings. The Morgan fingerprint density at radius 1 is 1.05 bits per heavy atom. The second-order valence-corrected chi connectivity index (χ2v) is 12.5. The van der Waals surface area contributed by atoms with Crippen LogP contribution in [-0.4, -0.2) is 55.7 Å². The summed E-state index contributed by atoms with van der Waals surface area (Å²) in [6.45, 7) is 6.53. The fourth-order valence-corrected chi connectivity index (χ4v) is 6.45. The van der Waals surface area contributed by atoms with Gasteiger partial charge in [0.25, 0.3) is 5.91 Å². The molecule has 2 atom stereocenters. The van der Waals surface area contributed by atoms with Crippen LogP contribution in [0.3, 0.4) is 0 Å². The minimum Gasteiger partial charge on any atom is -0.490 e. The number of aryl methyl sites for hydroxylation is 2. The van der Waals surface area contributed by atoms with Crippen molar-refractivity contribution < 1.29 is 23.0 Å². The first kappa shape index (κ1) is 30.6. The van der Waals surface area contributed by atoms with E-state index in [0.717, 1.165) is 53.5 Å². The van der Waals surface area contributed by atoms with Crippen LogP contribution in [0.4, 0.5) is 8.78 Å². The highest BCUT2D eigenvalue weighted by Crippen LogP contribution is 2.36. The molecular weight excluding hydrogens is 584 g/mol. The summed E-state index contributed by atoms with van der Waals surface area (Å²) in [6.07, 6.45) is 4.87. The number of piperazine rings is 1. The summed E-state index contributed by atoms with van der Waals surface area (Å²) < 4.78 is 39.8. The Morgan fingerprint density at radius 3 is 2.57 bits per heavy atom. The lowest BCUT2D eigenvalue weighted by Crippen LogP contribution is -2.65. The molecule has 1 aliphatic carbocycles. The Labute approximate surface area is 262 Å². The summed E-state index contributed by atoms with van der Waals surface area (Å²) >= 11 is 6.31. The summed E-state index contributed by atoms with van der Waals surface area (Å²) in [4.78, 5) is 15.6. The van der Waals surface area contributed by atoms with Gasteiger partial charge in [0, 0.05) is 31.2 Å². The van der Waals surface area contributed by atoms with Gasteiger partial charge in [-0.25, -0.2) is 8.78 Å². The Balaban J connectivity index is 1.07. The number of amides is 1. The van der Waals surface area contributed by atoms with E-state index in [9.17, 15) is 13.6 Å². The number of ether oxygens (including phenoxy) is 2. The van der Waals surface area contributed by atoms with Gasteiger partial charge in [-0.15, -0.1) is 0 Å². The van der Waals surface area contributed by atoms with Crippen molar-refractivity contribution in [2.24, 2.45) is 0 Å². The summed E-state index contributed by atoms with van der Waals surface area (Å²) in [7, 11) is 0. The molecule has 1 amide bonds. The fourth-order valence-electron chi connectivity index (χ4n) is 6.18. The van der Waals surface area contributed by atoms with E-state index in [2.05, 4.69) is 28.8 Å². The maximum absolute atomic E-state index is 14.3. The molecule has 2 aliphatic heterocycles. The predicted molar refractivity (Wildman–Crippen MR) is 167 cm³/mol. The highest BCUT2D eigenvalue weighted by atomic mass is 35.5. The molecule has 232 valence electrons. The number of nitrogens with zero attached hydrogens (tertiary/aromatic N) is 1. The van der Waals surface area contributed by atoms with Crippen LogP contribution in [0, 0.1) is 25.5 Å². The van der Waals surface area contributed by atoms with E-state index in [4.69, 9.17) is 21.1 Å². The highest BCUT2D eigenvalue weighted by Gasteiger charge is 2.44. The number of hydrogen-bond acceptors (Lipinski definition) is 5. The fraction of sp³-hybridized carbons (Fsp3) is 0.400. The van der Waals surface area contributed by atoms with Crippen LogP contribution in [0.2, 0.25) is 5.02 Å². The van der Waals surface area contributed by atoms with Gasteiger partial charge in [-0.2, -0.15) is 0 Å². The number of nitrogens with one attached hydrogen (secondary N) is 2. The number of rotatable bonds is 11. The van der Waals surface area contributed by atoms with Crippen LogP contribution < -0.4 is 20.1 Å². The predicted octanol–water partition coefficient (Wildman–Crippen LogP) is 6.01. The number of halogens is 3. The number of hydrogen-bond donors (Lipinski definition) is 2. The van der Waals surface area contributed by atoms with E-state index in [-0.39, 0.29) is 30.0 Å². The van der Waals surface area contributed by atoms with Crippen LogP contribution in [0.5, 0.6) is 11.5 Å². The molecule has 2 bridgehead atoms. The zero-order chi connectivity index (χ0) is 30.8. The van der Waals surface area contributed by atoms with Gasteiger partial charge < -0.3 is 19.7 Å². The van der Waals surface area contributed by atoms with Gasteiger partial charge in [0.1, 0.15) is 24.7 Å². The third-order valence-electron chi connectivity index (χ3n) is 8.99. The normalized spacial score (nSPS) is 21.0. The number of carbonyl (C=O) groups is 1. The molecule has 1 saturated heterocycles. The van der Waals surface area contributed by atoms with E-state index in [1.165, 1.54) is 6.07 Å². The molecule has 2 N–H and O–H groups in total. The summed E-state index contributed by atoms with van der Waals surface area (Å²) in [5.74, 6) is -0.308. The summed E-state index contributed by atoms with van der Waals surface area (Å²) in [6, 6.07) is 16.1. The number of fused-ring (bicyclic) bond motifs is 2. The molecule has 0 spiro atoms. The highest BCUT2D eigenvalue weighted by molar-refractivity contribution is 6.32. The maximum Gasteiger partial charge on any atom is 0.251 e. The van der Waals surface area contributed by atoms with E-state index < -0.39 is 11.6 Å². The van der Waals surface area contributed by atoms with Crippen molar-refractivity contribution in [3.8, 4) is 11.5 Å². The van der Waals surface area contributed by atoms with E-state index in [1.54, 1.807) is 6.07 Å². The quantitative estimate of drug-likeness (QED) is 0.257. The van der Waals surface area contributed by atoms with Crippen molar-refractivity contribution in [2.75, 3.05) is 32.8 Å². The molecule has 1 saturated carbocycles. The Bertz CT molecular complexity index is 1560. The van der Waals surface area contributed by atoms with Crippen molar-refractivity contribution in [1.29, 1.82) is 0 Å². The zero-order valence-electron chi connectivity index (χ0n) is 25.1. The zero-order valence-corrected chi connectivity index (χ0v) is 25.9. The molecule has 9 heteroatoms. The van der Waals surface area contributed by atoms with Gasteiger partial charge >= 0.3 is 0 Å². The molecule has 2 heterocycles. The Morgan fingerprint density at radius 2 is 1.80 bits per heavy atom. The van der Waals surface area contributed by atoms with Crippen molar-refractivity contribution in [1.82, 2.24) is 15.5 Å². The first-order valence-corrected chi connectivity index (χ1v) is 15.7. The van der Waals surface area contributed by atoms with Gasteiger partial charge in [0.05, 0.1) is 16.6 Å². The van der Waals surface area contributed by atoms with Crippen LogP contribution in [0.1, 0.15) is 41.5 Å². The smallest absolute Gasteiger partial charge is 0.251 e. The standard InChI is InChI=1S/C35H38ClF2N3O3/c1-22-18-29(36)32(19-23(22)2)44-17-16-43-27-10-6-25(7-11-27)35-14-12-28(31(40-35)20-39-21-35)34(42)41(26-8-9-26)15-13-24-4-3-5-30(37)33(24)38/h3-7,10-12,18-19,26,31,39-40H,8-9,13-17,20-21H2,1-2H3. The minimum absolute atomic E-state index is 0.0211. The molecule has 2 unspecified atom stereocenters. The van der Waals surface area contributed by atoms with Crippen molar-refractivity contribution in [3.05, 3.63) is 105 Å². The second-order valence-electron chi connectivity index (χ2n) is 12.1. The van der Waals surface area contributed by atoms with Gasteiger partial charge in [0.2, 0.25) is 0 Å². The monoisotopic (exact) mass is 621 g/mol. The lowest BCUT2D eigenvalue weighted by molar-refractivity contribution is -0.128. The molecule has 0 radical (unpaired) electrons. The lowest BCUT2D eigenvalue weighted by atomic mass is 9.78. The third kappa shape index (κ3) is 6.48. The Kier molecular flexibility index (Phi) is 8.94. The van der Waals surface area contributed by atoms with Crippen molar-refractivity contribution in [2.45, 2.75) is 57.2 Å². The molecule has 3 aromatic carbocycles. The van der Waals surface area contributed by atoms with Gasteiger partial charge in [-0.3, -0.25) is 10.1 Å². The maximum atomic E-state index is 14.3. The van der Waals surface area contributed by atoms with E-state index >= 15 is 0 Å². The van der Waals surface area contributed by atoms with Crippen LogP contribution in [0.25, 0.3) is 0 Å². The Hall–Kier alpha value is -3.46. The van der Waals surface area contributed by atoms with E-state index in [1.807, 2.05) is 43.0 Å². The number of carbonyl (C=O) groups excluding carboxylic acids is 1. The van der Waals surface area contributed by atoms with Crippen molar-refractivity contribution in [3.63, 3.8) is 0 Å². The SMILES string of the molecule is Cc1cc(Cl)c(OCCOc2ccc(C34CC=C(C(=O)N(CCc5cccc(F)c5F)C5CC5)C(CNC3)N4)cc2)cc1C. The van der Waals surface area contributed by atoms with Gasteiger partial charge in [-0.1, -0.05) is 41.9 Å². The average molecular weight is 622 g/mol. The second kappa shape index (κ2) is 12.9. The average Bonchev–Trinajstić information content (AvgIpc) is 3.86. The van der Waals surface area contributed by atoms with Gasteiger partial charge in [0.15, 0.2) is 11.6 Å². The number of benzene rings is 3.